The summed E-state index contributed by atoms with van der Waals surface area (Å²) in [5.74, 6) is -2.21. The van der Waals surface area contributed by atoms with Crippen molar-refractivity contribution >= 4 is 22.8 Å². The van der Waals surface area contributed by atoms with Crippen molar-refractivity contribution in [1.29, 1.82) is 0 Å². The minimum Gasteiger partial charge on any atom is -0.480 e. The van der Waals surface area contributed by atoms with Crippen molar-refractivity contribution in [2.75, 3.05) is 0 Å². The van der Waals surface area contributed by atoms with E-state index in [0.29, 0.717) is 11.0 Å². The lowest BCUT2D eigenvalue weighted by Gasteiger charge is -2.17. The first-order chi connectivity index (χ1) is 9.90. The zero-order valence-corrected chi connectivity index (χ0v) is 11.6. The number of fused-ring (bicyclic) bond motifs is 1. The summed E-state index contributed by atoms with van der Waals surface area (Å²) >= 11 is 0. The van der Waals surface area contributed by atoms with E-state index in [9.17, 15) is 14.4 Å². The lowest BCUT2D eigenvalue weighted by Crippen LogP contribution is -2.45. The SMILES string of the molecule is CC(C)[C@@H](NC(=O)c1cc2ccccc2oc1=O)C(=O)O. The summed E-state index contributed by atoms with van der Waals surface area (Å²) in [4.78, 5) is 35.0. The number of carbonyl (C=O) groups excluding carboxylic acids is 1. The molecule has 6 nitrogen and oxygen atoms in total. The molecule has 1 aromatic heterocycles. The van der Waals surface area contributed by atoms with E-state index in [2.05, 4.69) is 5.32 Å². The Balaban J connectivity index is 2.37. The Bertz CT molecular complexity index is 747. The van der Waals surface area contributed by atoms with Crippen molar-refractivity contribution in [3.8, 4) is 0 Å². The van der Waals surface area contributed by atoms with Crippen LogP contribution < -0.4 is 10.9 Å². The first kappa shape index (κ1) is 14.8. The van der Waals surface area contributed by atoms with Gasteiger partial charge in [-0.15, -0.1) is 0 Å². The second kappa shape index (κ2) is 5.78. The van der Waals surface area contributed by atoms with Gasteiger partial charge in [0.2, 0.25) is 0 Å². The van der Waals surface area contributed by atoms with Crippen LogP contribution >= 0.6 is 0 Å². The molecule has 0 aliphatic carbocycles. The molecule has 21 heavy (non-hydrogen) atoms. The Morgan fingerprint density at radius 2 is 1.90 bits per heavy atom. The molecule has 0 unspecified atom stereocenters. The summed E-state index contributed by atoms with van der Waals surface area (Å²) in [6.45, 7) is 3.34. The number of carboxylic acid groups (broad SMARTS) is 1. The van der Waals surface area contributed by atoms with E-state index in [1.165, 1.54) is 6.07 Å². The number of hydrogen-bond acceptors (Lipinski definition) is 4. The number of benzene rings is 1. The molecule has 0 radical (unpaired) electrons. The van der Waals surface area contributed by atoms with Crippen molar-refractivity contribution in [2.24, 2.45) is 5.92 Å². The molecule has 1 aromatic carbocycles. The van der Waals surface area contributed by atoms with Crippen LogP contribution in [0, 0.1) is 5.92 Å². The minimum atomic E-state index is -1.15. The summed E-state index contributed by atoms with van der Waals surface area (Å²) in [6, 6.07) is 7.11. The van der Waals surface area contributed by atoms with Gasteiger partial charge in [0.05, 0.1) is 0 Å². The third-order valence-electron chi connectivity index (χ3n) is 3.11. The number of nitrogens with one attached hydrogen (secondary N) is 1. The fraction of sp³-hybridized carbons (Fsp3) is 0.267. The van der Waals surface area contributed by atoms with Gasteiger partial charge in [0, 0.05) is 5.39 Å². The standard InChI is InChI=1S/C15H15NO5/c1-8(2)12(14(18)19)16-13(17)10-7-9-5-3-4-6-11(9)21-15(10)20/h3-8,12H,1-2H3,(H,16,17)(H,18,19)/t12-/m1/s1. The molecule has 1 amide bonds. The largest absolute Gasteiger partial charge is 0.480 e. The summed E-state index contributed by atoms with van der Waals surface area (Å²) in [7, 11) is 0. The molecule has 0 saturated carbocycles. The normalized spacial score (nSPS) is 12.3. The van der Waals surface area contributed by atoms with Crippen LogP contribution in [0.3, 0.4) is 0 Å². The smallest absolute Gasteiger partial charge is 0.349 e. The molecule has 6 heteroatoms. The molecule has 1 atom stereocenters. The van der Waals surface area contributed by atoms with Gasteiger partial charge in [0.15, 0.2) is 0 Å². The van der Waals surface area contributed by atoms with Crippen LogP contribution in [-0.4, -0.2) is 23.0 Å². The second-order valence-corrected chi connectivity index (χ2v) is 5.02. The van der Waals surface area contributed by atoms with Crippen LogP contribution in [0.2, 0.25) is 0 Å². The molecule has 2 rings (SSSR count). The number of rotatable bonds is 4. The molecule has 0 fully saturated rings. The van der Waals surface area contributed by atoms with Crippen LogP contribution in [-0.2, 0) is 4.79 Å². The van der Waals surface area contributed by atoms with E-state index in [-0.39, 0.29) is 11.5 Å². The van der Waals surface area contributed by atoms with Gasteiger partial charge >= 0.3 is 11.6 Å². The van der Waals surface area contributed by atoms with Crippen LogP contribution in [0.5, 0.6) is 0 Å². The molecule has 0 bridgehead atoms. The monoisotopic (exact) mass is 289 g/mol. The summed E-state index contributed by atoms with van der Waals surface area (Å²) in [5.41, 5.74) is -0.627. The maximum atomic E-state index is 12.1. The highest BCUT2D eigenvalue weighted by molar-refractivity contribution is 5.98. The van der Waals surface area contributed by atoms with Gasteiger partial charge in [-0.05, 0) is 18.1 Å². The van der Waals surface area contributed by atoms with Gasteiger partial charge in [-0.3, -0.25) is 4.79 Å². The Labute approximate surface area is 120 Å². The van der Waals surface area contributed by atoms with E-state index in [1.807, 2.05) is 0 Å². The fourth-order valence-electron chi connectivity index (χ4n) is 1.95. The van der Waals surface area contributed by atoms with Crippen LogP contribution in [0.15, 0.2) is 39.5 Å². The molecular weight excluding hydrogens is 274 g/mol. The zero-order chi connectivity index (χ0) is 15.6. The van der Waals surface area contributed by atoms with Crippen LogP contribution in [0.25, 0.3) is 11.0 Å². The maximum Gasteiger partial charge on any atom is 0.349 e. The van der Waals surface area contributed by atoms with Crippen molar-refractivity contribution < 1.29 is 19.1 Å². The number of aliphatic carboxylic acids is 1. The van der Waals surface area contributed by atoms with E-state index in [0.717, 1.165) is 0 Å². The Kier molecular flexibility index (Phi) is 4.07. The first-order valence-electron chi connectivity index (χ1n) is 6.46. The first-order valence-corrected chi connectivity index (χ1v) is 6.46. The average Bonchev–Trinajstić information content (AvgIpc) is 2.43. The van der Waals surface area contributed by atoms with E-state index >= 15 is 0 Å². The maximum absolute atomic E-state index is 12.1. The lowest BCUT2D eigenvalue weighted by molar-refractivity contribution is -0.140. The third kappa shape index (κ3) is 3.10. The Morgan fingerprint density at radius 3 is 2.52 bits per heavy atom. The van der Waals surface area contributed by atoms with Gasteiger partial charge < -0.3 is 14.8 Å². The van der Waals surface area contributed by atoms with Gasteiger partial charge in [-0.1, -0.05) is 32.0 Å². The van der Waals surface area contributed by atoms with Crippen molar-refractivity contribution in [2.45, 2.75) is 19.9 Å². The fourth-order valence-corrected chi connectivity index (χ4v) is 1.95. The molecular formula is C15H15NO5. The highest BCUT2D eigenvalue weighted by Crippen LogP contribution is 2.13. The van der Waals surface area contributed by atoms with Gasteiger partial charge in [0.25, 0.3) is 5.91 Å². The molecule has 0 spiro atoms. The molecule has 0 aliphatic heterocycles. The number of carboxylic acids is 1. The van der Waals surface area contributed by atoms with Gasteiger partial charge in [-0.25, -0.2) is 9.59 Å². The van der Waals surface area contributed by atoms with Gasteiger partial charge in [-0.2, -0.15) is 0 Å². The molecule has 1 heterocycles. The highest BCUT2D eigenvalue weighted by atomic mass is 16.4. The van der Waals surface area contributed by atoms with Gasteiger partial charge in [0.1, 0.15) is 17.2 Å². The van der Waals surface area contributed by atoms with E-state index in [1.54, 1.807) is 38.1 Å². The molecule has 0 aliphatic rings. The number of carbonyl (C=O) groups is 2. The molecule has 2 aromatic rings. The van der Waals surface area contributed by atoms with Crippen LogP contribution in [0.1, 0.15) is 24.2 Å². The predicted octanol–water partition coefficient (Wildman–Crippen LogP) is 1.63. The molecule has 0 saturated heterocycles. The third-order valence-corrected chi connectivity index (χ3v) is 3.11. The minimum absolute atomic E-state index is 0.208. The quantitative estimate of drug-likeness (QED) is 0.834. The Hall–Kier alpha value is -2.63. The predicted molar refractivity (Wildman–Crippen MR) is 76.2 cm³/mol. The average molecular weight is 289 g/mol. The Morgan fingerprint density at radius 1 is 1.24 bits per heavy atom. The zero-order valence-electron chi connectivity index (χ0n) is 11.6. The van der Waals surface area contributed by atoms with Crippen molar-refractivity contribution in [1.82, 2.24) is 5.32 Å². The molecule has 2 N–H and O–H groups in total. The highest BCUT2D eigenvalue weighted by Gasteiger charge is 2.25. The van der Waals surface area contributed by atoms with E-state index in [4.69, 9.17) is 9.52 Å². The number of para-hydroxylation sites is 1. The van der Waals surface area contributed by atoms with Crippen LogP contribution in [0.4, 0.5) is 0 Å². The summed E-state index contributed by atoms with van der Waals surface area (Å²) in [5, 5.41) is 12.0. The number of amides is 1. The summed E-state index contributed by atoms with van der Waals surface area (Å²) in [6.07, 6.45) is 0. The van der Waals surface area contributed by atoms with Crippen molar-refractivity contribution in [3.63, 3.8) is 0 Å². The second-order valence-electron chi connectivity index (χ2n) is 5.02. The van der Waals surface area contributed by atoms with E-state index < -0.39 is 23.5 Å². The molecule has 110 valence electrons. The lowest BCUT2D eigenvalue weighted by atomic mass is 10.0. The van der Waals surface area contributed by atoms with Crippen molar-refractivity contribution in [3.05, 3.63) is 46.3 Å². The summed E-state index contributed by atoms with van der Waals surface area (Å²) < 4.78 is 5.05. The number of hydrogen-bond donors (Lipinski definition) is 2. The topological polar surface area (TPSA) is 96.6 Å².